The predicted molar refractivity (Wildman–Crippen MR) is 96.4 cm³/mol. The van der Waals surface area contributed by atoms with Gasteiger partial charge in [0.15, 0.2) is 0 Å². The van der Waals surface area contributed by atoms with Gasteiger partial charge in [-0.15, -0.1) is 0 Å². The van der Waals surface area contributed by atoms with Gasteiger partial charge in [-0.05, 0) is 49.6 Å². The molecule has 0 aliphatic rings. The average Bonchev–Trinajstić information content (AvgIpc) is 2.61. The number of nitrogens with zero attached hydrogens (tertiary/aromatic N) is 1. The molecule has 0 bridgehead atoms. The highest BCUT2D eigenvalue weighted by molar-refractivity contribution is 5.77. The van der Waals surface area contributed by atoms with Crippen molar-refractivity contribution in [1.29, 1.82) is 0 Å². The molecule has 0 radical (unpaired) electrons. The van der Waals surface area contributed by atoms with Crippen molar-refractivity contribution in [2.45, 2.75) is 38.9 Å². The van der Waals surface area contributed by atoms with Crippen LogP contribution < -0.4 is 5.73 Å². The van der Waals surface area contributed by atoms with E-state index in [0.29, 0.717) is 24.2 Å². The lowest BCUT2D eigenvalue weighted by molar-refractivity contribution is -0.137. The van der Waals surface area contributed by atoms with Crippen LogP contribution in [0, 0.1) is 0 Å². The first-order valence-electron chi connectivity index (χ1n) is 8.54. The predicted octanol–water partition coefficient (Wildman–Crippen LogP) is 4.83. The highest BCUT2D eigenvalue weighted by Crippen LogP contribution is 2.32. The summed E-state index contributed by atoms with van der Waals surface area (Å²) in [4.78, 5) is 14.2. The van der Waals surface area contributed by atoms with E-state index < -0.39 is 17.8 Å². The first kappa shape index (κ1) is 19.8. The number of halogens is 3. The lowest BCUT2D eigenvalue weighted by Gasteiger charge is -2.29. The number of benzene rings is 2. The summed E-state index contributed by atoms with van der Waals surface area (Å²) in [5.74, 6) is -0.110. The molecule has 140 valence electrons. The molecule has 6 heteroatoms. The molecule has 3 nitrogen and oxygen atoms in total. The molecular weight excluding hydrogens is 341 g/mol. The number of carbonyl (C=O) groups excluding carboxylic acids is 1. The van der Waals surface area contributed by atoms with E-state index in [1.54, 1.807) is 24.0 Å². The second-order valence-corrected chi connectivity index (χ2v) is 6.18. The average molecular weight is 364 g/mol. The minimum absolute atomic E-state index is 0.110. The number of rotatable bonds is 6. The summed E-state index contributed by atoms with van der Waals surface area (Å²) >= 11 is 0. The Morgan fingerprint density at radius 2 is 1.85 bits per heavy atom. The summed E-state index contributed by atoms with van der Waals surface area (Å²) in [6.45, 7) is 3.98. The Morgan fingerprint density at radius 1 is 1.15 bits per heavy atom. The van der Waals surface area contributed by atoms with Gasteiger partial charge < -0.3 is 10.6 Å². The third kappa shape index (κ3) is 4.77. The third-order valence-corrected chi connectivity index (χ3v) is 4.49. The van der Waals surface area contributed by atoms with Crippen molar-refractivity contribution in [3.8, 4) is 0 Å². The standard InChI is InChI=1S/C20H23F3N2O/c1-3-25(19(26)12-11-15-7-4-5-10-18(15)24)14(2)16-8-6-9-17(13-16)20(21,22)23/h4-10,13-14H,3,11-12,24H2,1-2H3. The Bertz CT molecular complexity index is 759. The smallest absolute Gasteiger partial charge is 0.399 e. The van der Waals surface area contributed by atoms with E-state index in [4.69, 9.17) is 5.73 Å². The van der Waals surface area contributed by atoms with Crippen LogP contribution in [0.2, 0.25) is 0 Å². The second kappa shape index (κ2) is 8.25. The van der Waals surface area contributed by atoms with E-state index in [0.717, 1.165) is 17.7 Å². The first-order chi connectivity index (χ1) is 12.2. The largest absolute Gasteiger partial charge is 0.416 e. The Kier molecular flexibility index (Phi) is 6.29. The van der Waals surface area contributed by atoms with Gasteiger partial charge in [0, 0.05) is 18.7 Å². The highest BCUT2D eigenvalue weighted by atomic mass is 19.4. The summed E-state index contributed by atoms with van der Waals surface area (Å²) in [5, 5.41) is 0. The van der Waals surface area contributed by atoms with Gasteiger partial charge in [-0.3, -0.25) is 4.79 Å². The molecule has 0 heterocycles. The number of hydrogen-bond acceptors (Lipinski definition) is 2. The fraction of sp³-hybridized carbons (Fsp3) is 0.350. The minimum Gasteiger partial charge on any atom is -0.399 e. The van der Waals surface area contributed by atoms with Crippen molar-refractivity contribution < 1.29 is 18.0 Å². The number of nitrogens with two attached hydrogens (primary N) is 1. The maximum absolute atomic E-state index is 12.9. The van der Waals surface area contributed by atoms with Gasteiger partial charge in [-0.2, -0.15) is 13.2 Å². The molecule has 0 saturated heterocycles. The molecule has 1 unspecified atom stereocenters. The van der Waals surface area contributed by atoms with Crippen LogP contribution in [0.15, 0.2) is 48.5 Å². The molecule has 2 N–H and O–H groups in total. The van der Waals surface area contributed by atoms with Crippen molar-refractivity contribution >= 4 is 11.6 Å². The number of amides is 1. The molecule has 2 rings (SSSR count). The number of hydrogen-bond donors (Lipinski definition) is 1. The lowest BCUT2D eigenvalue weighted by Crippen LogP contribution is -2.33. The van der Waals surface area contributed by atoms with Crippen molar-refractivity contribution in [3.63, 3.8) is 0 Å². The van der Waals surface area contributed by atoms with Crippen LogP contribution in [0.5, 0.6) is 0 Å². The fourth-order valence-electron chi connectivity index (χ4n) is 2.97. The summed E-state index contributed by atoms with van der Waals surface area (Å²) in [6.07, 6.45) is -3.65. The highest BCUT2D eigenvalue weighted by Gasteiger charge is 2.31. The first-order valence-corrected chi connectivity index (χ1v) is 8.54. The summed E-state index contributed by atoms with van der Waals surface area (Å²) < 4.78 is 38.8. The molecule has 0 spiro atoms. The van der Waals surface area contributed by atoms with Gasteiger partial charge in [-0.1, -0.05) is 30.3 Å². The Morgan fingerprint density at radius 3 is 2.46 bits per heavy atom. The quantitative estimate of drug-likeness (QED) is 0.746. The number of carbonyl (C=O) groups is 1. The van der Waals surface area contributed by atoms with Gasteiger partial charge in [0.2, 0.25) is 5.91 Å². The van der Waals surface area contributed by atoms with Crippen LogP contribution in [0.4, 0.5) is 18.9 Å². The SMILES string of the molecule is CCN(C(=O)CCc1ccccc1N)C(C)c1cccc(C(F)(F)F)c1. The Balaban J connectivity index is 2.11. The van der Waals surface area contributed by atoms with Crippen LogP contribution in [-0.4, -0.2) is 17.4 Å². The second-order valence-electron chi connectivity index (χ2n) is 6.18. The molecule has 1 amide bonds. The third-order valence-electron chi connectivity index (χ3n) is 4.49. The number of nitrogen functional groups attached to an aromatic ring is 1. The zero-order chi connectivity index (χ0) is 19.3. The summed E-state index contributed by atoms with van der Waals surface area (Å²) in [5.41, 5.74) is 7.18. The summed E-state index contributed by atoms with van der Waals surface area (Å²) in [7, 11) is 0. The van der Waals surface area contributed by atoms with Crippen LogP contribution in [-0.2, 0) is 17.4 Å². The zero-order valence-electron chi connectivity index (χ0n) is 14.9. The molecule has 26 heavy (non-hydrogen) atoms. The van der Waals surface area contributed by atoms with Gasteiger partial charge in [0.05, 0.1) is 11.6 Å². The monoisotopic (exact) mass is 364 g/mol. The van der Waals surface area contributed by atoms with Crippen LogP contribution >= 0.6 is 0 Å². The number of alkyl halides is 3. The zero-order valence-corrected chi connectivity index (χ0v) is 14.9. The Hall–Kier alpha value is -2.50. The maximum atomic E-state index is 12.9. The van der Waals surface area contributed by atoms with Crippen molar-refractivity contribution in [1.82, 2.24) is 4.90 Å². The summed E-state index contributed by atoms with van der Waals surface area (Å²) in [6, 6.07) is 12.0. The van der Waals surface area contributed by atoms with E-state index in [9.17, 15) is 18.0 Å². The molecule has 0 fully saturated rings. The maximum Gasteiger partial charge on any atom is 0.416 e. The van der Waals surface area contributed by atoms with Crippen LogP contribution in [0.25, 0.3) is 0 Å². The van der Waals surface area contributed by atoms with Gasteiger partial charge in [0.1, 0.15) is 0 Å². The molecule has 0 aromatic heterocycles. The molecule has 2 aromatic rings. The fourth-order valence-corrected chi connectivity index (χ4v) is 2.97. The van der Waals surface area contributed by atoms with E-state index in [2.05, 4.69) is 0 Å². The molecule has 0 saturated carbocycles. The number of anilines is 1. The molecule has 1 atom stereocenters. The topological polar surface area (TPSA) is 46.3 Å². The van der Waals surface area contributed by atoms with E-state index in [1.165, 1.54) is 6.07 Å². The molecule has 0 aliphatic heterocycles. The lowest BCUT2D eigenvalue weighted by atomic mass is 10.0. The van der Waals surface area contributed by atoms with Crippen LogP contribution in [0.3, 0.4) is 0 Å². The van der Waals surface area contributed by atoms with Crippen molar-refractivity contribution in [2.24, 2.45) is 0 Å². The molecule has 2 aromatic carbocycles. The minimum atomic E-state index is -4.40. The normalized spacial score (nSPS) is 12.7. The molecule has 0 aliphatic carbocycles. The number of aryl methyl sites for hydroxylation is 1. The van der Waals surface area contributed by atoms with Crippen LogP contribution in [0.1, 0.15) is 43.0 Å². The molecular formula is C20H23F3N2O. The van der Waals surface area contributed by atoms with Crippen molar-refractivity contribution in [3.05, 3.63) is 65.2 Å². The van der Waals surface area contributed by atoms with Gasteiger partial charge in [-0.25, -0.2) is 0 Å². The van der Waals surface area contributed by atoms with E-state index in [1.807, 2.05) is 25.1 Å². The van der Waals surface area contributed by atoms with Gasteiger partial charge >= 0.3 is 6.18 Å². The van der Waals surface area contributed by atoms with E-state index in [-0.39, 0.29) is 12.3 Å². The van der Waals surface area contributed by atoms with Crippen molar-refractivity contribution in [2.75, 3.05) is 12.3 Å². The Labute approximate surface area is 151 Å². The number of para-hydroxylation sites is 1. The van der Waals surface area contributed by atoms with E-state index >= 15 is 0 Å². The van der Waals surface area contributed by atoms with Gasteiger partial charge in [0.25, 0.3) is 0 Å².